The Bertz CT molecular complexity index is 1770. The van der Waals surface area contributed by atoms with Crippen LogP contribution < -0.4 is 10.2 Å². The molecule has 0 aliphatic carbocycles. The molecule has 2 heterocycles. The predicted molar refractivity (Wildman–Crippen MR) is 181 cm³/mol. The standard InChI is InChI=1S/C35H41N5O6S/c1-34(2,3)31(32(41)42)40(33(43)46-35(4,5)6)29-16-12-15-28(38-29)24-39(47(44,45)30-17-10-11-22-36-30)23-25-18-20-27(21-19-25)37-26-13-8-7-9-14-26/h7-22,31,37H,23-24H2,1-6H3,(H,41,42). The Hall–Kier alpha value is -4.81. The van der Waals surface area contributed by atoms with Crippen molar-refractivity contribution in [2.75, 3.05) is 10.2 Å². The second kappa shape index (κ2) is 14.3. The number of carboxylic acid groups (broad SMARTS) is 1. The van der Waals surface area contributed by atoms with Crippen LogP contribution in [0.15, 0.2) is 102 Å². The van der Waals surface area contributed by atoms with Gasteiger partial charge in [-0.1, -0.05) is 63.2 Å². The molecular weight excluding hydrogens is 618 g/mol. The van der Waals surface area contributed by atoms with Crippen molar-refractivity contribution >= 4 is 39.3 Å². The minimum atomic E-state index is -4.12. The van der Waals surface area contributed by atoms with Gasteiger partial charge in [-0.3, -0.25) is 0 Å². The average Bonchev–Trinajstić information content (AvgIpc) is 3.00. The predicted octanol–water partition coefficient (Wildman–Crippen LogP) is 6.85. The minimum absolute atomic E-state index is 0.00798. The van der Waals surface area contributed by atoms with E-state index < -0.39 is 39.1 Å². The van der Waals surface area contributed by atoms with Crippen LogP contribution in [0.2, 0.25) is 0 Å². The molecule has 0 aliphatic rings. The maximum Gasteiger partial charge on any atom is 0.416 e. The van der Waals surface area contributed by atoms with Crippen molar-refractivity contribution in [3.8, 4) is 0 Å². The Balaban J connectivity index is 1.71. The summed E-state index contributed by atoms with van der Waals surface area (Å²) in [6.07, 6.45) is 0.525. The monoisotopic (exact) mass is 659 g/mol. The molecule has 0 saturated heterocycles. The van der Waals surface area contributed by atoms with Gasteiger partial charge in [0.15, 0.2) is 5.03 Å². The first kappa shape index (κ1) is 35.1. The molecular formula is C35H41N5O6S. The SMILES string of the molecule is CC(C)(C)OC(=O)N(c1cccc(CN(Cc2ccc(Nc3ccccc3)cc2)S(=O)(=O)c2ccccn2)n1)C(C(=O)O)C(C)(C)C. The van der Waals surface area contributed by atoms with E-state index >= 15 is 0 Å². The third-order valence-corrected chi connectivity index (χ3v) is 8.61. The van der Waals surface area contributed by atoms with Crippen LogP contribution in [-0.2, 0) is 32.6 Å². The molecule has 0 bridgehead atoms. The molecule has 4 rings (SSSR count). The second-order valence-corrected chi connectivity index (χ2v) is 15.0. The summed E-state index contributed by atoms with van der Waals surface area (Å²) in [5.74, 6) is -1.22. The lowest BCUT2D eigenvalue weighted by atomic mass is 9.85. The van der Waals surface area contributed by atoms with Crippen molar-refractivity contribution < 1.29 is 27.9 Å². The zero-order valence-corrected chi connectivity index (χ0v) is 28.2. The van der Waals surface area contributed by atoms with Gasteiger partial charge >= 0.3 is 12.1 Å². The molecule has 0 saturated carbocycles. The lowest BCUT2D eigenvalue weighted by Crippen LogP contribution is -2.54. The van der Waals surface area contributed by atoms with Gasteiger partial charge in [-0.25, -0.2) is 32.9 Å². The van der Waals surface area contributed by atoms with Crippen molar-refractivity contribution in [3.63, 3.8) is 0 Å². The van der Waals surface area contributed by atoms with Gasteiger partial charge in [0, 0.05) is 24.1 Å². The molecule has 1 atom stereocenters. The second-order valence-electron chi connectivity index (χ2n) is 13.1. The molecule has 0 fully saturated rings. The quantitative estimate of drug-likeness (QED) is 0.177. The fraction of sp³-hybridized carbons (Fsp3) is 0.314. The number of carboxylic acids is 1. The number of nitrogens with one attached hydrogen (secondary N) is 1. The topological polar surface area (TPSA) is 142 Å². The van der Waals surface area contributed by atoms with E-state index in [4.69, 9.17) is 4.74 Å². The van der Waals surface area contributed by atoms with Crippen molar-refractivity contribution in [1.29, 1.82) is 0 Å². The molecule has 0 radical (unpaired) electrons. The van der Waals surface area contributed by atoms with Crippen LogP contribution in [0.1, 0.15) is 52.8 Å². The van der Waals surface area contributed by atoms with E-state index in [0.29, 0.717) is 5.56 Å². The molecule has 1 unspecified atom stereocenters. The van der Waals surface area contributed by atoms with Crippen LogP contribution in [0.25, 0.3) is 0 Å². The Morgan fingerprint density at radius 2 is 1.47 bits per heavy atom. The lowest BCUT2D eigenvalue weighted by Gasteiger charge is -2.37. The van der Waals surface area contributed by atoms with Gasteiger partial charge in [-0.2, -0.15) is 4.31 Å². The number of ether oxygens (including phenoxy) is 1. The highest BCUT2D eigenvalue weighted by Crippen LogP contribution is 2.31. The summed E-state index contributed by atoms with van der Waals surface area (Å²) in [4.78, 5) is 35.8. The number of hydrogen-bond donors (Lipinski definition) is 2. The number of nitrogens with zero attached hydrogens (tertiary/aromatic N) is 4. The number of aliphatic carboxylic acids is 1. The molecule has 12 heteroatoms. The van der Waals surface area contributed by atoms with Crippen LogP contribution in [-0.4, -0.2) is 51.5 Å². The fourth-order valence-electron chi connectivity index (χ4n) is 4.82. The lowest BCUT2D eigenvalue weighted by molar-refractivity contribution is -0.141. The summed E-state index contributed by atoms with van der Waals surface area (Å²) >= 11 is 0. The number of pyridine rings is 2. The summed E-state index contributed by atoms with van der Waals surface area (Å²) in [6.45, 7) is 9.97. The maximum atomic E-state index is 13.9. The third-order valence-electron chi connectivity index (χ3n) is 6.90. The highest BCUT2D eigenvalue weighted by molar-refractivity contribution is 7.89. The number of anilines is 3. The van der Waals surface area contributed by atoms with Crippen LogP contribution in [0, 0.1) is 5.41 Å². The van der Waals surface area contributed by atoms with E-state index in [0.717, 1.165) is 16.3 Å². The van der Waals surface area contributed by atoms with Gasteiger partial charge in [0.25, 0.3) is 10.0 Å². The molecule has 47 heavy (non-hydrogen) atoms. The van der Waals surface area contributed by atoms with Crippen molar-refractivity contribution in [2.45, 2.75) is 71.3 Å². The van der Waals surface area contributed by atoms with E-state index in [-0.39, 0.29) is 29.6 Å². The molecule has 1 amide bonds. The zero-order chi connectivity index (χ0) is 34.4. The highest BCUT2D eigenvalue weighted by Gasteiger charge is 2.42. The smallest absolute Gasteiger partial charge is 0.416 e. The number of rotatable bonds is 11. The Kier molecular flexibility index (Phi) is 10.7. The Morgan fingerprint density at radius 1 is 0.830 bits per heavy atom. The molecule has 0 aliphatic heterocycles. The number of para-hydroxylation sites is 1. The fourth-order valence-corrected chi connectivity index (χ4v) is 6.15. The number of sulfonamides is 1. The summed E-state index contributed by atoms with van der Waals surface area (Å²) < 4.78 is 34.7. The number of aromatic nitrogens is 2. The highest BCUT2D eigenvalue weighted by atomic mass is 32.2. The molecule has 2 aromatic heterocycles. The zero-order valence-electron chi connectivity index (χ0n) is 27.4. The van der Waals surface area contributed by atoms with Crippen LogP contribution in [0.4, 0.5) is 22.0 Å². The first-order chi connectivity index (χ1) is 22.0. The van der Waals surface area contributed by atoms with E-state index in [9.17, 15) is 23.1 Å². The number of amides is 1. The molecule has 4 aromatic rings. The largest absolute Gasteiger partial charge is 0.480 e. The van der Waals surface area contributed by atoms with Gasteiger partial charge in [0.1, 0.15) is 17.5 Å². The number of benzene rings is 2. The van der Waals surface area contributed by atoms with Gasteiger partial charge in [-0.15, -0.1) is 0 Å². The first-order valence-electron chi connectivity index (χ1n) is 15.1. The van der Waals surface area contributed by atoms with Crippen LogP contribution >= 0.6 is 0 Å². The summed E-state index contributed by atoms with van der Waals surface area (Å²) in [5.41, 5.74) is 0.943. The van der Waals surface area contributed by atoms with E-state index in [1.165, 1.54) is 22.6 Å². The Morgan fingerprint density at radius 3 is 2.04 bits per heavy atom. The van der Waals surface area contributed by atoms with Gasteiger partial charge < -0.3 is 15.2 Å². The summed E-state index contributed by atoms with van der Waals surface area (Å²) in [5, 5.41) is 13.4. The molecule has 2 N–H and O–H groups in total. The van der Waals surface area contributed by atoms with Crippen molar-refractivity contribution in [2.24, 2.45) is 5.41 Å². The van der Waals surface area contributed by atoms with E-state index in [1.54, 1.807) is 65.8 Å². The number of carbonyl (C=O) groups is 2. The molecule has 0 spiro atoms. The summed E-state index contributed by atoms with van der Waals surface area (Å²) in [7, 11) is -4.12. The van der Waals surface area contributed by atoms with Gasteiger partial charge in [0.2, 0.25) is 0 Å². The number of carbonyl (C=O) groups excluding carboxylic acids is 1. The van der Waals surface area contributed by atoms with Gasteiger partial charge in [-0.05, 0) is 80.3 Å². The average molecular weight is 660 g/mol. The third kappa shape index (κ3) is 9.36. The van der Waals surface area contributed by atoms with Crippen LogP contribution in [0.3, 0.4) is 0 Å². The molecule has 248 valence electrons. The normalized spacial score (nSPS) is 12.7. The van der Waals surface area contributed by atoms with Gasteiger partial charge in [0.05, 0.1) is 12.2 Å². The minimum Gasteiger partial charge on any atom is -0.480 e. The maximum absolute atomic E-state index is 13.9. The molecule has 11 nitrogen and oxygen atoms in total. The van der Waals surface area contributed by atoms with Crippen molar-refractivity contribution in [1.82, 2.24) is 14.3 Å². The first-order valence-corrected chi connectivity index (χ1v) is 16.5. The van der Waals surface area contributed by atoms with Crippen LogP contribution in [0.5, 0.6) is 0 Å². The molecule has 2 aromatic carbocycles. The van der Waals surface area contributed by atoms with Crippen molar-refractivity contribution in [3.05, 3.63) is 108 Å². The van der Waals surface area contributed by atoms with E-state index in [1.807, 2.05) is 54.6 Å². The summed E-state index contributed by atoms with van der Waals surface area (Å²) in [6, 6.07) is 25.1. The van der Waals surface area contributed by atoms with E-state index in [2.05, 4.69) is 15.3 Å². The Labute approximate surface area is 276 Å². The number of hydrogen-bond acceptors (Lipinski definition) is 8.